The van der Waals surface area contributed by atoms with Gasteiger partial charge in [-0.05, 0) is 18.1 Å². The molecule has 0 fully saturated rings. The first-order valence-electron chi connectivity index (χ1n) is 6.37. The molecule has 4 nitrogen and oxygen atoms in total. The molecule has 1 unspecified atom stereocenters. The van der Waals surface area contributed by atoms with Crippen LogP contribution in [0.2, 0.25) is 18.1 Å². The Kier molecular flexibility index (Phi) is 5.44. The van der Waals surface area contributed by atoms with E-state index in [2.05, 4.69) is 33.9 Å². The van der Waals surface area contributed by atoms with E-state index in [-0.39, 0.29) is 16.6 Å². The third kappa shape index (κ3) is 5.39. The summed E-state index contributed by atoms with van der Waals surface area (Å²) >= 11 is 0. The van der Waals surface area contributed by atoms with E-state index in [1.165, 1.54) is 0 Å². The molecule has 0 bridgehead atoms. The third-order valence-corrected chi connectivity index (χ3v) is 8.13. The van der Waals surface area contributed by atoms with Gasteiger partial charge < -0.3 is 14.9 Å². The van der Waals surface area contributed by atoms with Crippen molar-refractivity contribution in [1.29, 1.82) is 0 Å². The quantitative estimate of drug-likeness (QED) is 0.798. The molecule has 0 aromatic heterocycles. The fourth-order valence-corrected chi connectivity index (χ4v) is 2.10. The molecule has 0 rings (SSSR count). The Balaban J connectivity index is 4.68. The number of hydrogen-bond acceptors (Lipinski definition) is 3. The smallest absolute Gasteiger partial charge is 0.404 e. The minimum Gasteiger partial charge on any atom is -0.443 e. The molecule has 0 saturated heterocycles. The van der Waals surface area contributed by atoms with Gasteiger partial charge in [0.2, 0.25) is 0 Å². The van der Waals surface area contributed by atoms with Crippen LogP contribution in [0.15, 0.2) is 0 Å². The first-order valence-corrected chi connectivity index (χ1v) is 9.28. The predicted octanol–water partition coefficient (Wildman–Crippen LogP) is 3.52. The highest BCUT2D eigenvalue weighted by molar-refractivity contribution is 6.74. The number of rotatable bonds is 4. The average molecular weight is 275 g/mol. The fraction of sp³-hybridized carbons (Fsp3) is 0.923. The van der Waals surface area contributed by atoms with Gasteiger partial charge in [-0.3, -0.25) is 0 Å². The second kappa shape index (κ2) is 5.61. The lowest BCUT2D eigenvalue weighted by atomic mass is 9.89. The van der Waals surface area contributed by atoms with Crippen molar-refractivity contribution in [2.75, 3.05) is 6.61 Å². The molecule has 108 valence electrons. The Morgan fingerprint density at radius 2 is 1.61 bits per heavy atom. The van der Waals surface area contributed by atoms with Gasteiger partial charge >= 0.3 is 6.09 Å². The molecule has 0 heterocycles. The lowest BCUT2D eigenvalue weighted by Crippen LogP contribution is -2.46. The van der Waals surface area contributed by atoms with Crippen LogP contribution in [0.25, 0.3) is 0 Å². The van der Waals surface area contributed by atoms with Crippen LogP contribution >= 0.6 is 0 Å². The van der Waals surface area contributed by atoms with Crippen LogP contribution in [-0.2, 0) is 9.16 Å². The molecular weight excluding hydrogens is 246 g/mol. The second-order valence-electron chi connectivity index (χ2n) is 7.36. The molecule has 0 aliphatic carbocycles. The van der Waals surface area contributed by atoms with E-state index in [0.717, 1.165) is 0 Å². The summed E-state index contributed by atoms with van der Waals surface area (Å²) in [5, 5.41) is 0.141. The Morgan fingerprint density at radius 3 is 1.89 bits per heavy atom. The van der Waals surface area contributed by atoms with E-state index in [4.69, 9.17) is 14.9 Å². The average Bonchev–Trinajstić information content (AvgIpc) is 2.07. The summed E-state index contributed by atoms with van der Waals surface area (Å²) in [6.07, 6.45) is -1.06. The highest BCUT2D eigenvalue weighted by Crippen LogP contribution is 2.37. The maximum Gasteiger partial charge on any atom is 0.404 e. The molecule has 0 radical (unpaired) electrons. The molecule has 1 atom stereocenters. The Labute approximate surface area is 112 Å². The zero-order valence-electron chi connectivity index (χ0n) is 13.1. The molecule has 5 heteroatoms. The Hall–Kier alpha value is -0.553. The summed E-state index contributed by atoms with van der Waals surface area (Å²) in [4.78, 5) is 10.9. The van der Waals surface area contributed by atoms with Gasteiger partial charge in [-0.15, -0.1) is 0 Å². The number of ether oxygens (including phenoxy) is 1. The number of amides is 1. The van der Waals surface area contributed by atoms with Gasteiger partial charge in [-0.2, -0.15) is 0 Å². The van der Waals surface area contributed by atoms with Crippen LogP contribution < -0.4 is 5.73 Å². The lowest BCUT2D eigenvalue weighted by molar-refractivity contribution is 0.00232. The topological polar surface area (TPSA) is 61.6 Å². The molecule has 1 amide bonds. The molecular formula is C13H29NO3Si. The minimum atomic E-state index is -1.83. The summed E-state index contributed by atoms with van der Waals surface area (Å²) in [7, 11) is -1.83. The summed E-state index contributed by atoms with van der Waals surface area (Å²) in [6.45, 7) is 17.3. The van der Waals surface area contributed by atoms with E-state index in [0.29, 0.717) is 6.61 Å². The summed E-state index contributed by atoms with van der Waals surface area (Å²) in [6, 6.07) is 0. The Bertz CT molecular complexity index is 290. The first kappa shape index (κ1) is 17.4. The van der Waals surface area contributed by atoms with E-state index >= 15 is 0 Å². The van der Waals surface area contributed by atoms with Crippen LogP contribution in [0.4, 0.5) is 4.79 Å². The molecule has 18 heavy (non-hydrogen) atoms. The molecule has 0 aliphatic rings. The summed E-state index contributed by atoms with van der Waals surface area (Å²) in [5.41, 5.74) is 4.93. The fourth-order valence-electron chi connectivity index (χ4n) is 1.10. The van der Waals surface area contributed by atoms with Crippen molar-refractivity contribution < 1.29 is 14.0 Å². The number of nitrogens with two attached hydrogens (primary N) is 1. The van der Waals surface area contributed by atoms with Crippen LogP contribution in [0.5, 0.6) is 0 Å². The standard InChI is InChI=1S/C13H29NO3Si/c1-12(2,3)10(17-11(14)15)9-16-18(7,8)13(4,5)6/h10H,9H2,1-8H3,(H2,14,15). The van der Waals surface area contributed by atoms with Crippen LogP contribution in [0, 0.1) is 5.41 Å². The minimum absolute atomic E-state index is 0.141. The molecule has 0 aromatic carbocycles. The Morgan fingerprint density at radius 1 is 1.17 bits per heavy atom. The van der Waals surface area contributed by atoms with Crippen molar-refractivity contribution in [2.45, 2.75) is 65.8 Å². The highest BCUT2D eigenvalue weighted by atomic mass is 28.4. The van der Waals surface area contributed by atoms with E-state index in [9.17, 15) is 4.79 Å². The van der Waals surface area contributed by atoms with E-state index < -0.39 is 14.4 Å². The molecule has 0 aromatic rings. The lowest BCUT2D eigenvalue weighted by Gasteiger charge is -2.39. The van der Waals surface area contributed by atoms with E-state index in [1.807, 2.05) is 20.8 Å². The summed E-state index contributed by atoms with van der Waals surface area (Å²) < 4.78 is 11.2. The van der Waals surface area contributed by atoms with Gasteiger partial charge in [-0.1, -0.05) is 41.5 Å². The van der Waals surface area contributed by atoms with Crippen molar-refractivity contribution in [1.82, 2.24) is 0 Å². The zero-order chi connectivity index (χ0) is 14.8. The number of carbonyl (C=O) groups excluding carboxylic acids is 1. The first-order chi connectivity index (χ1) is 7.77. The largest absolute Gasteiger partial charge is 0.443 e. The van der Waals surface area contributed by atoms with E-state index in [1.54, 1.807) is 0 Å². The monoisotopic (exact) mass is 275 g/mol. The number of primary amides is 1. The van der Waals surface area contributed by atoms with Gasteiger partial charge in [0.1, 0.15) is 6.10 Å². The molecule has 0 spiro atoms. The molecule has 2 N–H and O–H groups in total. The maximum absolute atomic E-state index is 10.9. The van der Waals surface area contributed by atoms with Crippen LogP contribution in [0.1, 0.15) is 41.5 Å². The number of carbonyl (C=O) groups is 1. The normalized spacial score (nSPS) is 15.3. The molecule has 0 saturated carbocycles. The van der Waals surface area contributed by atoms with Gasteiger partial charge in [-0.25, -0.2) is 4.79 Å². The highest BCUT2D eigenvalue weighted by Gasteiger charge is 2.39. The predicted molar refractivity (Wildman–Crippen MR) is 77.1 cm³/mol. The van der Waals surface area contributed by atoms with Gasteiger partial charge in [0.05, 0.1) is 6.61 Å². The second-order valence-corrected chi connectivity index (χ2v) is 12.2. The zero-order valence-corrected chi connectivity index (χ0v) is 14.1. The maximum atomic E-state index is 10.9. The van der Waals surface area contributed by atoms with Gasteiger partial charge in [0.25, 0.3) is 0 Å². The number of hydrogen-bond donors (Lipinski definition) is 1. The van der Waals surface area contributed by atoms with Crippen molar-refractivity contribution in [2.24, 2.45) is 11.1 Å². The van der Waals surface area contributed by atoms with Crippen LogP contribution in [0.3, 0.4) is 0 Å². The molecule has 0 aliphatic heterocycles. The summed E-state index contributed by atoms with van der Waals surface area (Å²) in [5.74, 6) is 0. The SMILES string of the molecule is CC(C)(C)C(CO[Si](C)(C)C(C)(C)C)OC(N)=O. The van der Waals surface area contributed by atoms with Crippen molar-refractivity contribution >= 4 is 14.4 Å². The van der Waals surface area contributed by atoms with Crippen molar-refractivity contribution in [3.05, 3.63) is 0 Å². The van der Waals surface area contributed by atoms with Crippen molar-refractivity contribution in [3.8, 4) is 0 Å². The van der Waals surface area contributed by atoms with Crippen molar-refractivity contribution in [3.63, 3.8) is 0 Å². The third-order valence-electron chi connectivity index (χ3n) is 3.63. The van der Waals surface area contributed by atoms with Gasteiger partial charge in [0, 0.05) is 5.41 Å². The van der Waals surface area contributed by atoms with Gasteiger partial charge in [0.15, 0.2) is 8.32 Å². The van der Waals surface area contributed by atoms with Crippen LogP contribution in [-0.4, -0.2) is 27.1 Å².